The predicted octanol–water partition coefficient (Wildman–Crippen LogP) is 2.11. The van der Waals surface area contributed by atoms with Crippen LogP contribution in [0, 0.1) is 12.8 Å². The number of carbonyl (C=O) groups is 1. The summed E-state index contributed by atoms with van der Waals surface area (Å²) >= 11 is 0. The Morgan fingerprint density at radius 3 is 2.85 bits per heavy atom. The fraction of sp³-hybridized carbons (Fsp3) is 0.667. The largest absolute Gasteiger partial charge is 0.376 e. The summed E-state index contributed by atoms with van der Waals surface area (Å²) in [6.45, 7) is 5.15. The minimum atomic E-state index is -0.196. The van der Waals surface area contributed by atoms with Crippen molar-refractivity contribution in [2.75, 3.05) is 13.2 Å². The van der Waals surface area contributed by atoms with E-state index in [4.69, 9.17) is 4.74 Å². The van der Waals surface area contributed by atoms with Gasteiger partial charge in [0.1, 0.15) is 5.69 Å². The zero-order valence-electron chi connectivity index (χ0n) is 12.3. The zero-order chi connectivity index (χ0) is 14.4. The number of aryl methyl sites for hydroxylation is 1. The SMILES string of the molecule is Cc1cnc(C(=O)NCCO[C@@H]2CCCC[C@H]2C)cn1. The molecule has 1 aliphatic rings. The summed E-state index contributed by atoms with van der Waals surface area (Å²) in [5.74, 6) is 0.431. The number of hydrogen-bond donors (Lipinski definition) is 1. The lowest BCUT2D eigenvalue weighted by molar-refractivity contribution is -0.00295. The van der Waals surface area contributed by atoms with Crippen LogP contribution in [0.2, 0.25) is 0 Å². The highest BCUT2D eigenvalue weighted by Gasteiger charge is 2.21. The van der Waals surface area contributed by atoms with Crippen LogP contribution in [-0.4, -0.2) is 35.1 Å². The summed E-state index contributed by atoms with van der Waals surface area (Å²) in [5.41, 5.74) is 1.15. The van der Waals surface area contributed by atoms with Crippen LogP contribution in [0.4, 0.5) is 0 Å². The van der Waals surface area contributed by atoms with Crippen molar-refractivity contribution in [2.45, 2.75) is 45.6 Å². The summed E-state index contributed by atoms with van der Waals surface area (Å²) in [4.78, 5) is 19.9. The highest BCUT2D eigenvalue weighted by Crippen LogP contribution is 2.25. The Morgan fingerprint density at radius 2 is 2.15 bits per heavy atom. The Morgan fingerprint density at radius 1 is 1.35 bits per heavy atom. The predicted molar refractivity (Wildman–Crippen MR) is 76.5 cm³/mol. The molecule has 0 saturated heterocycles. The number of nitrogens with one attached hydrogen (secondary N) is 1. The average Bonchev–Trinajstić information content (AvgIpc) is 2.46. The van der Waals surface area contributed by atoms with E-state index < -0.39 is 0 Å². The topological polar surface area (TPSA) is 64.1 Å². The van der Waals surface area contributed by atoms with Gasteiger partial charge in [0.05, 0.1) is 24.6 Å². The smallest absolute Gasteiger partial charge is 0.271 e. The first-order valence-electron chi connectivity index (χ1n) is 7.35. The van der Waals surface area contributed by atoms with E-state index in [1.165, 1.54) is 25.5 Å². The lowest BCUT2D eigenvalue weighted by Gasteiger charge is -2.28. The highest BCUT2D eigenvalue weighted by atomic mass is 16.5. The normalized spacial score (nSPS) is 22.5. The number of amides is 1. The number of aromatic nitrogens is 2. The number of hydrogen-bond acceptors (Lipinski definition) is 4. The van der Waals surface area contributed by atoms with E-state index in [2.05, 4.69) is 22.2 Å². The molecular weight excluding hydrogens is 254 g/mol. The summed E-state index contributed by atoms with van der Waals surface area (Å²) in [5, 5.41) is 2.81. The quantitative estimate of drug-likeness (QED) is 0.837. The lowest BCUT2D eigenvalue weighted by Crippen LogP contribution is -2.32. The molecule has 0 spiro atoms. The molecule has 1 aromatic heterocycles. The van der Waals surface area contributed by atoms with Crippen molar-refractivity contribution in [3.05, 3.63) is 23.8 Å². The first kappa shape index (κ1) is 14.9. The van der Waals surface area contributed by atoms with Gasteiger partial charge < -0.3 is 10.1 Å². The molecule has 2 rings (SSSR count). The molecule has 110 valence electrons. The van der Waals surface area contributed by atoms with Crippen LogP contribution in [-0.2, 0) is 4.74 Å². The zero-order valence-corrected chi connectivity index (χ0v) is 12.3. The molecular formula is C15H23N3O2. The summed E-state index contributed by atoms with van der Waals surface area (Å²) < 4.78 is 5.85. The van der Waals surface area contributed by atoms with Crippen LogP contribution in [0.25, 0.3) is 0 Å². The summed E-state index contributed by atoms with van der Waals surface area (Å²) in [6.07, 6.45) is 8.38. The van der Waals surface area contributed by atoms with E-state index in [1.807, 2.05) is 6.92 Å². The van der Waals surface area contributed by atoms with Crippen LogP contribution < -0.4 is 5.32 Å². The van der Waals surface area contributed by atoms with Crippen molar-refractivity contribution in [3.63, 3.8) is 0 Å². The maximum absolute atomic E-state index is 11.8. The molecule has 0 aliphatic heterocycles. The first-order chi connectivity index (χ1) is 9.66. The van der Waals surface area contributed by atoms with Gasteiger partial charge in [-0.05, 0) is 25.7 Å². The molecule has 0 bridgehead atoms. The van der Waals surface area contributed by atoms with Crippen LogP contribution in [0.5, 0.6) is 0 Å². The van der Waals surface area contributed by atoms with E-state index in [0.717, 1.165) is 12.1 Å². The molecule has 1 aliphatic carbocycles. The minimum Gasteiger partial charge on any atom is -0.376 e. The third kappa shape index (κ3) is 4.27. The van der Waals surface area contributed by atoms with Gasteiger partial charge in [0.25, 0.3) is 5.91 Å². The van der Waals surface area contributed by atoms with E-state index in [1.54, 1.807) is 6.20 Å². The van der Waals surface area contributed by atoms with Crippen molar-refractivity contribution >= 4 is 5.91 Å². The Labute approximate surface area is 120 Å². The Balaban J connectivity index is 1.67. The van der Waals surface area contributed by atoms with Crippen molar-refractivity contribution in [1.82, 2.24) is 15.3 Å². The molecule has 1 amide bonds. The van der Waals surface area contributed by atoms with Gasteiger partial charge >= 0.3 is 0 Å². The van der Waals surface area contributed by atoms with Gasteiger partial charge in [-0.3, -0.25) is 9.78 Å². The molecule has 0 unspecified atom stereocenters. The summed E-state index contributed by atoms with van der Waals surface area (Å²) in [6, 6.07) is 0. The van der Waals surface area contributed by atoms with Gasteiger partial charge in [-0.15, -0.1) is 0 Å². The van der Waals surface area contributed by atoms with Gasteiger partial charge in [-0.25, -0.2) is 4.98 Å². The molecule has 1 fully saturated rings. The fourth-order valence-electron chi connectivity index (χ4n) is 2.51. The highest BCUT2D eigenvalue weighted by molar-refractivity contribution is 5.91. The van der Waals surface area contributed by atoms with Crippen molar-refractivity contribution in [1.29, 1.82) is 0 Å². The molecule has 5 heteroatoms. The van der Waals surface area contributed by atoms with Gasteiger partial charge in [0.2, 0.25) is 0 Å². The number of ether oxygens (including phenoxy) is 1. The molecule has 20 heavy (non-hydrogen) atoms. The van der Waals surface area contributed by atoms with E-state index >= 15 is 0 Å². The Bertz CT molecular complexity index is 433. The molecule has 0 radical (unpaired) electrons. The first-order valence-corrected chi connectivity index (χ1v) is 7.35. The van der Waals surface area contributed by atoms with Crippen LogP contribution in [0.15, 0.2) is 12.4 Å². The standard InChI is InChI=1S/C15H23N3O2/c1-11-5-3-4-6-14(11)20-8-7-16-15(19)13-10-17-12(2)9-18-13/h9-11,14H,3-8H2,1-2H3,(H,16,19)/t11-,14-/m1/s1. The second kappa shape index (κ2) is 7.33. The van der Waals surface area contributed by atoms with Crippen LogP contribution in [0.3, 0.4) is 0 Å². The van der Waals surface area contributed by atoms with Gasteiger partial charge in [0, 0.05) is 12.7 Å². The fourth-order valence-corrected chi connectivity index (χ4v) is 2.51. The molecule has 0 aromatic carbocycles. The third-order valence-corrected chi connectivity index (χ3v) is 3.77. The van der Waals surface area contributed by atoms with E-state index in [0.29, 0.717) is 30.9 Å². The molecule has 2 atom stereocenters. The Kier molecular flexibility index (Phi) is 5.47. The van der Waals surface area contributed by atoms with E-state index in [9.17, 15) is 4.79 Å². The monoisotopic (exact) mass is 277 g/mol. The van der Waals surface area contributed by atoms with Crippen molar-refractivity contribution in [3.8, 4) is 0 Å². The van der Waals surface area contributed by atoms with Crippen LogP contribution in [0.1, 0.15) is 48.8 Å². The number of carbonyl (C=O) groups excluding carboxylic acids is 1. The lowest BCUT2D eigenvalue weighted by atomic mass is 9.88. The molecule has 1 saturated carbocycles. The van der Waals surface area contributed by atoms with Gasteiger partial charge in [-0.2, -0.15) is 0 Å². The molecule has 5 nitrogen and oxygen atoms in total. The Hall–Kier alpha value is -1.49. The van der Waals surface area contributed by atoms with Crippen molar-refractivity contribution < 1.29 is 9.53 Å². The van der Waals surface area contributed by atoms with Crippen molar-refractivity contribution in [2.24, 2.45) is 5.92 Å². The second-order valence-corrected chi connectivity index (χ2v) is 5.47. The van der Waals surface area contributed by atoms with E-state index in [-0.39, 0.29) is 5.91 Å². The maximum atomic E-state index is 11.8. The van der Waals surface area contributed by atoms with Gasteiger partial charge in [0.15, 0.2) is 0 Å². The maximum Gasteiger partial charge on any atom is 0.271 e. The molecule has 1 N–H and O–H groups in total. The molecule has 1 heterocycles. The number of nitrogens with zero attached hydrogens (tertiary/aromatic N) is 2. The van der Waals surface area contributed by atoms with Crippen LogP contribution >= 0.6 is 0 Å². The molecule has 1 aromatic rings. The minimum absolute atomic E-state index is 0.196. The third-order valence-electron chi connectivity index (χ3n) is 3.77. The van der Waals surface area contributed by atoms with Gasteiger partial charge in [-0.1, -0.05) is 19.8 Å². The number of rotatable bonds is 5. The second-order valence-electron chi connectivity index (χ2n) is 5.47. The summed E-state index contributed by atoms with van der Waals surface area (Å²) in [7, 11) is 0. The average molecular weight is 277 g/mol.